The molecule has 0 bridgehead atoms. The number of likely N-dealkylation sites (N-methyl/N-ethyl adjacent to an activating group) is 1. The maximum absolute atomic E-state index is 14.3. The molecule has 13 heteroatoms. The first-order chi connectivity index (χ1) is 23.4. The van der Waals surface area contributed by atoms with Crippen molar-refractivity contribution in [1.29, 1.82) is 0 Å². The van der Waals surface area contributed by atoms with Gasteiger partial charge in [0.25, 0.3) is 5.91 Å². The van der Waals surface area contributed by atoms with Gasteiger partial charge in [0.2, 0.25) is 0 Å². The number of fused-ring (bicyclic) bond motifs is 1. The van der Waals surface area contributed by atoms with Crippen molar-refractivity contribution in [3.63, 3.8) is 0 Å². The number of urea groups is 2. The molecule has 0 unspecified atom stereocenters. The van der Waals surface area contributed by atoms with Gasteiger partial charge in [0.1, 0.15) is 17.4 Å². The average molecular weight is 682 g/mol. The monoisotopic (exact) mass is 681 g/mol. The van der Waals surface area contributed by atoms with Gasteiger partial charge in [0, 0.05) is 49.7 Å². The molecule has 0 saturated heterocycles. The van der Waals surface area contributed by atoms with Crippen molar-refractivity contribution >= 4 is 35.0 Å². The number of nitrogens with one attached hydrogen (secondary N) is 3. The van der Waals surface area contributed by atoms with Gasteiger partial charge in [-0.2, -0.15) is 0 Å². The highest BCUT2D eigenvalue weighted by molar-refractivity contribution is 6.02. The van der Waals surface area contributed by atoms with Crippen LogP contribution in [0.4, 0.5) is 35.4 Å². The van der Waals surface area contributed by atoms with Gasteiger partial charge in [-0.25, -0.2) is 18.4 Å². The summed E-state index contributed by atoms with van der Waals surface area (Å²) in [5.74, 6) is -1.21. The molecule has 1 heterocycles. The fourth-order valence-corrected chi connectivity index (χ4v) is 5.39. The second-order valence-electron chi connectivity index (χ2n) is 12.4. The molecule has 11 nitrogen and oxygen atoms in total. The zero-order valence-electron chi connectivity index (χ0n) is 28.2. The maximum atomic E-state index is 14.3. The number of hydrogen-bond acceptors (Lipinski definition) is 6. The number of ether oxygens (including phenoxy) is 2. The van der Waals surface area contributed by atoms with Crippen LogP contribution in [0.15, 0.2) is 66.7 Å². The Morgan fingerprint density at radius 3 is 2.16 bits per heavy atom. The molecule has 1 aliphatic rings. The van der Waals surface area contributed by atoms with Crippen molar-refractivity contribution in [3.05, 3.63) is 83.9 Å². The van der Waals surface area contributed by atoms with Crippen molar-refractivity contribution in [2.45, 2.75) is 58.3 Å². The number of carbonyl (C=O) groups is 3. The highest BCUT2D eigenvalue weighted by Crippen LogP contribution is 2.29. The largest absolute Gasteiger partial charge is 0.490 e. The molecule has 0 fully saturated rings. The summed E-state index contributed by atoms with van der Waals surface area (Å²) in [4.78, 5) is 43.1. The van der Waals surface area contributed by atoms with Crippen LogP contribution >= 0.6 is 0 Å². The normalized spacial score (nSPS) is 19.4. The number of nitrogens with zero attached hydrogens (tertiary/aromatic N) is 2. The molecule has 5 amide bonds. The van der Waals surface area contributed by atoms with Gasteiger partial charge in [0.15, 0.2) is 0 Å². The van der Waals surface area contributed by atoms with Crippen molar-refractivity contribution in [3.8, 4) is 5.75 Å². The van der Waals surface area contributed by atoms with Crippen molar-refractivity contribution in [1.82, 2.24) is 9.80 Å². The number of aliphatic hydroxyl groups is 1. The summed E-state index contributed by atoms with van der Waals surface area (Å²) in [6, 6.07) is 14.0. The minimum Gasteiger partial charge on any atom is -0.490 e. The van der Waals surface area contributed by atoms with Crippen LogP contribution in [0.2, 0.25) is 0 Å². The minimum absolute atomic E-state index is 0.177. The van der Waals surface area contributed by atoms with E-state index in [0.717, 1.165) is 12.8 Å². The SMILES string of the molecule is C[C@@H]1CCCCO[C@@H](CN(C)C(=O)Nc2ccc(F)cc2)[C@H](C)CN([C@@H](C)CO)C(=O)c2cc(NC(=O)Nc3ccc(F)cc3)ccc2O1. The lowest BCUT2D eigenvalue weighted by Crippen LogP contribution is -2.48. The number of amides is 5. The first-order valence-electron chi connectivity index (χ1n) is 16.4. The van der Waals surface area contributed by atoms with Gasteiger partial charge in [-0.3, -0.25) is 4.79 Å². The number of hydrogen-bond donors (Lipinski definition) is 4. The van der Waals surface area contributed by atoms with Gasteiger partial charge < -0.3 is 40.3 Å². The molecular weight excluding hydrogens is 636 g/mol. The highest BCUT2D eigenvalue weighted by atomic mass is 19.1. The van der Waals surface area contributed by atoms with Crippen LogP contribution in [0.5, 0.6) is 5.75 Å². The predicted molar refractivity (Wildman–Crippen MR) is 184 cm³/mol. The van der Waals surface area contributed by atoms with Crippen molar-refractivity contribution in [2.75, 3.05) is 49.3 Å². The summed E-state index contributed by atoms with van der Waals surface area (Å²) >= 11 is 0. The van der Waals surface area contributed by atoms with Gasteiger partial charge >= 0.3 is 12.1 Å². The third-order valence-corrected chi connectivity index (χ3v) is 8.31. The van der Waals surface area contributed by atoms with E-state index >= 15 is 0 Å². The molecule has 0 aromatic heterocycles. The quantitative estimate of drug-likeness (QED) is 0.223. The van der Waals surface area contributed by atoms with E-state index in [1.165, 1.54) is 59.5 Å². The second kappa shape index (κ2) is 17.6. The van der Waals surface area contributed by atoms with E-state index in [9.17, 15) is 28.3 Å². The smallest absolute Gasteiger partial charge is 0.323 e. The fourth-order valence-electron chi connectivity index (χ4n) is 5.39. The zero-order chi connectivity index (χ0) is 35.5. The predicted octanol–water partition coefficient (Wildman–Crippen LogP) is 6.57. The van der Waals surface area contributed by atoms with Crippen LogP contribution in [-0.2, 0) is 4.74 Å². The van der Waals surface area contributed by atoms with Gasteiger partial charge in [-0.15, -0.1) is 0 Å². The minimum atomic E-state index is -0.591. The number of rotatable bonds is 7. The Labute approximate surface area is 285 Å². The van der Waals surface area contributed by atoms with Gasteiger partial charge in [-0.1, -0.05) is 6.92 Å². The Balaban J connectivity index is 1.57. The summed E-state index contributed by atoms with van der Waals surface area (Å²) in [6.45, 7) is 6.07. The first kappa shape index (κ1) is 37.1. The van der Waals surface area contributed by atoms with E-state index in [1.54, 1.807) is 31.0 Å². The van der Waals surface area contributed by atoms with E-state index < -0.39 is 41.7 Å². The van der Waals surface area contributed by atoms with E-state index in [0.29, 0.717) is 35.8 Å². The molecule has 0 aliphatic carbocycles. The summed E-state index contributed by atoms with van der Waals surface area (Å²) in [6.07, 6.45) is 1.52. The van der Waals surface area contributed by atoms with Crippen LogP contribution in [0.25, 0.3) is 0 Å². The Morgan fingerprint density at radius 2 is 1.53 bits per heavy atom. The average Bonchev–Trinajstić information content (AvgIpc) is 3.07. The van der Waals surface area contributed by atoms with Crippen LogP contribution < -0.4 is 20.7 Å². The molecule has 4 rings (SSSR count). The van der Waals surface area contributed by atoms with Crippen molar-refractivity contribution < 1.29 is 37.7 Å². The molecule has 0 saturated carbocycles. The van der Waals surface area contributed by atoms with E-state index in [4.69, 9.17) is 9.47 Å². The third-order valence-electron chi connectivity index (χ3n) is 8.31. The summed E-state index contributed by atoms with van der Waals surface area (Å²) < 4.78 is 39.2. The van der Waals surface area contributed by atoms with Crippen LogP contribution in [0, 0.1) is 17.6 Å². The van der Waals surface area contributed by atoms with E-state index in [2.05, 4.69) is 16.0 Å². The van der Waals surface area contributed by atoms with Crippen LogP contribution in [0.1, 0.15) is 50.4 Å². The van der Waals surface area contributed by atoms with Crippen LogP contribution in [0.3, 0.4) is 0 Å². The number of carbonyl (C=O) groups excluding carboxylic acids is 3. The lowest BCUT2D eigenvalue weighted by Gasteiger charge is -2.35. The Kier molecular flexibility index (Phi) is 13.3. The lowest BCUT2D eigenvalue weighted by atomic mass is 10.0. The molecule has 3 aromatic carbocycles. The number of anilines is 3. The Morgan fingerprint density at radius 1 is 0.939 bits per heavy atom. The second-order valence-corrected chi connectivity index (χ2v) is 12.4. The Bertz CT molecular complexity index is 1560. The van der Waals surface area contributed by atoms with E-state index in [-0.39, 0.29) is 37.3 Å². The lowest BCUT2D eigenvalue weighted by molar-refractivity contribution is -0.0115. The molecule has 1 aliphatic heterocycles. The molecule has 4 atom stereocenters. The van der Waals surface area contributed by atoms with Gasteiger partial charge in [0.05, 0.1) is 30.4 Å². The molecule has 4 N–H and O–H groups in total. The number of aliphatic hydroxyl groups excluding tert-OH is 1. The summed E-state index contributed by atoms with van der Waals surface area (Å²) in [5, 5.41) is 18.3. The number of halogens is 2. The van der Waals surface area contributed by atoms with Crippen LogP contribution in [-0.4, -0.2) is 84.5 Å². The van der Waals surface area contributed by atoms with E-state index in [1.807, 2.05) is 13.8 Å². The molecule has 49 heavy (non-hydrogen) atoms. The molecular formula is C36H45F2N5O6. The summed E-state index contributed by atoms with van der Waals surface area (Å²) in [7, 11) is 1.63. The molecule has 0 spiro atoms. The Hall–Kier alpha value is -4.75. The molecule has 3 aromatic rings. The molecule has 0 radical (unpaired) electrons. The maximum Gasteiger partial charge on any atom is 0.323 e. The zero-order valence-corrected chi connectivity index (χ0v) is 28.2. The van der Waals surface area contributed by atoms with Gasteiger partial charge in [-0.05, 0) is 99.8 Å². The standard InChI is InChI=1S/C36H45F2N5O6/c1-23-20-43(24(2)22-44)34(45)31-19-30(40-35(46)39-28-12-8-26(37)9-13-28)16-17-32(31)49-25(3)7-5-6-18-48-33(23)21-42(4)36(47)41-29-14-10-27(38)11-15-29/h8-17,19,23-25,33,44H,5-7,18,20-22H2,1-4H3,(H,41,47)(H2,39,40,46)/t23-,24+,25-,33+/m1/s1. The number of benzene rings is 3. The highest BCUT2D eigenvalue weighted by Gasteiger charge is 2.31. The summed E-state index contributed by atoms with van der Waals surface area (Å²) in [5.41, 5.74) is 1.36. The van der Waals surface area contributed by atoms with Crippen molar-refractivity contribution in [2.24, 2.45) is 5.92 Å². The third kappa shape index (κ3) is 10.9. The topological polar surface area (TPSA) is 132 Å². The molecule has 264 valence electrons. The first-order valence-corrected chi connectivity index (χ1v) is 16.4. The fraction of sp³-hybridized carbons (Fsp3) is 0.417.